The van der Waals surface area contributed by atoms with Crippen LogP contribution in [0.5, 0.6) is 0 Å². The molecule has 5 nitrogen and oxygen atoms in total. The minimum absolute atomic E-state index is 0.494. The third-order valence-electron chi connectivity index (χ3n) is 2.42. The maximum Gasteiger partial charge on any atom is 0.104 e. The zero-order valence-corrected chi connectivity index (χ0v) is 7.43. The zero-order valence-electron chi connectivity index (χ0n) is 7.43. The van der Waals surface area contributed by atoms with Gasteiger partial charge in [-0.15, -0.1) is 0 Å². The minimum Gasteiger partial charge on any atom is -0.394 e. The topological polar surface area (TPSA) is 93.0 Å². The molecule has 4 atom stereocenters. The third-order valence-corrected chi connectivity index (χ3v) is 2.42. The van der Waals surface area contributed by atoms with E-state index in [9.17, 15) is 10.2 Å². The molecular weight excluding hydrogens is 174 g/mol. The molecule has 0 aromatic rings. The molecule has 1 fully saturated rings. The molecule has 0 spiro atoms. The molecule has 1 aliphatic rings. The number of hydrogen-bond acceptors (Lipinski definition) is 5. The van der Waals surface area contributed by atoms with Crippen LogP contribution in [0.2, 0.25) is 0 Å². The van der Waals surface area contributed by atoms with Crippen LogP contribution in [0.25, 0.3) is 0 Å². The Morgan fingerprint density at radius 1 is 1.38 bits per heavy atom. The second-order valence-corrected chi connectivity index (χ2v) is 3.43. The van der Waals surface area contributed by atoms with E-state index in [0.717, 1.165) is 13.0 Å². The van der Waals surface area contributed by atoms with Crippen LogP contribution in [-0.2, 0) is 0 Å². The highest BCUT2D eigenvalue weighted by molar-refractivity contribution is 4.89. The van der Waals surface area contributed by atoms with E-state index in [1.165, 1.54) is 0 Å². The van der Waals surface area contributed by atoms with E-state index in [0.29, 0.717) is 6.42 Å². The van der Waals surface area contributed by atoms with Crippen LogP contribution in [0.4, 0.5) is 0 Å². The lowest BCUT2D eigenvalue weighted by molar-refractivity contribution is -0.0645. The fraction of sp³-hybridized carbons (Fsp3) is 1.00. The molecular formula is C8H17NO4. The summed E-state index contributed by atoms with van der Waals surface area (Å²) in [6, 6.07) is -0.532. The van der Waals surface area contributed by atoms with Gasteiger partial charge in [0.05, 0.1) is 24.9 Å². The highest BCUT2D eigenvalue weighted by atomic mass is 16.4. The molecule has 5 N–H and O–H groups in total. The largest absolute Gasteiger partial charge is 0.394 e. The van der Waals surface area contributed by atoms with Crippen LogP contribution in [0.3, 0.4) is 0 Å². The van der Waals surface area contributed by atoms with Crippen molar-refractivity contribution in [3.63, 3.8) is 0 Å². The van der Waals surface area contributed by atoms with Gasteiger partial charge < -0.3 is 25.7 Å². The number of aliphatic hydroxyl groups excluding tert-OH is 4. The van der Waals surface area contributed by atoms with E-state index in [4.69, 9.17) is 10.2 Å². The summed E-state index contributed by atoms with van der Waals surface area (Å²) in [4.78, 5) is 0. The van der Waals surface area contributed by atoms with Crippen molar-refractivity contribution in [3.8, 4) is 0 Å². The van der Waals surface area contributed by atoms with Gasteiger partial charge in [-0.05, 0) is 19.4 Å². The second-order valence-electron chi connectivity index (χ2n) is 3.43. The Morgan fingerprint density at radius 3 is 2.62 bits per heavy atom. The molecule has 1 saturated heterocycles. The number of hydrogen-bond donors (Lipinski definition) is 5. The lowest BCUT2D eigenvalue weighted by Gasteiger charge is -2.34. The monoisotopic (exact) mass is 191 g/mol. The van der Waals surface area contributed by atoms with Crippen LogP contribution in [0.15, 0.2) is 0 Å². The average molecular weight is 191 g/mol. The number of piperidine rings is 1. The van der Waals surface area contributed by atoms with Crippen molar-refractivity contribution in [2.24, 2.45) is 0 Å². The maximum atomic E-state index is 9.48. The van der Waals surface area contributed by atoms with Crippen molar-refractivity contribution in [1.82, 2.24) is 5.32 Å². The summed E-state index contributed by atoms with van der Waals surface area (Å²) in [6.45, 7) is 0.225. The Hall–Kier alpha value is -0.200. The molecule has 0 amide bonds. The predicted molar refractivity (Wildman–Crippen MR) is 46.1 cm³/mol. The first-order valence-corrected chi connectivity index (χ1v) is 4.55. The van der Waals surface area contributed by atoms with Gasteiger partial charge in [-0.1, -0.05) is 0 Å². The summed E-state index contributed by atoms with van der Waals surface area (Å²) in [5.74, 6) is 0. The van der Waals surface area contributed by atoms with Crippen LogP contribution in [0.1, 0.15) is 12.8 Å². The normalized spacial score (nSPS) is 34.2. The summed E-state index contributed by atoms with van der Waals surface area (Å²) < 4.78 is 0. The Labute approximate surface area is 77.0 Å². The first kappa shape index (κ1) is 10.9. The fourth-order valence-electron chi connectivity index (χ4n) is 1.59. The van der Waals surface area contributed by atoms with Gasteiger partial charge in [-0.2, -0.15) is 0 Å². The maximum absolute atomic E-state index is 9.48. The molecule has 0 aromatic heterocycles. The van der Waals surface area contributed by atoms with Crippen LogP contribution in [-0.4, -0.2) is 57.9 Å². The molecule has 78 valence electrons. The van der Waals surface area contributed by atoms with E-state index in [1.54, 1.807) is 0 Å². The molecule has 0 radical (unpaired) electrons. The predicted octanol–water partition coefficient (Wildman–Crippen LogP) is -2.19. The summed E-state index contributed by atoms with van der Waals surface area (Å²) in [5, 5.41) is 39.6. The van der Waals surface area contributed by atoms with Gasteiger partial charge >= 0.3 is 0 Å². The van der Waals surface area contributed by atoms with E-state index >= 15 is 0 Å². The smallest absolute Gasteiger partial charge is 0.104 e. The molecule has 13 heavy (non-hydrogen) atoms. The Bertz CT molecular complexity index is 155. The van der Waals surface area contributed by atoms with Crippen LogP contribution >= 0.6 is 0 Å². The van der Waals surface area contributed by atoms with Gasteiger partial charge in [0, 0.05) is 0 Å². The van der Waals surface area contributed by atoms with Crippen LogP contribution in [0, 0.1) is 0 Å². The number of rotatable bonds is 3. The Kier molecular flexibility index (Phi) is 4.08. The lowest BCUT2D eigenvalue weighted by Crippen LogP contribution is -2.56. The summed E-state index contributed by atoms with van der Waals surface area (Å²) in [5.41, 5.74) is 0. The molecule has 0 aliphatic carbocycles. The first-order chi connectivity index (χ1) is 6.16. The van der Waals surface area contributed by atoms with Gasteiger partial charge in [0.15, 0.2) is 0 Å². The highest BCUT2D eigenvalue weighted by Gasteiger charge is 2.32. The molecule has 5 heteroatoms. The molecule has 1 heterocycles. The molecule has 0 aromatic carbocycles. The Balaban J connectivity index is 2.47. The summed E-state index contributed by atoms with van der Waals surface area (Å²) in [6.07, 6.45) is -1.47. The van der Waals surface area contributed by atoms with E-state index in [-0.39, 0.29) is 0 Å². The molecule has 0 bridgehead atoms. The van der Waals surface area contributed by atoms with Crippen molar-refractivity contribution in [1.29, 1.82) is 0 Å². The van der Waals surface area contributed by atoms with Crippen LogP contribution < -0.4 is 5.32 Å². The van der Waals surface area contributed by atoms with Crippen molar-refractivity contribution in [3.05, 3.63) is 0 Å². The summed E-state index contributed by atoms with van der Waals surface area (Å²) in [7, 11) is 0. The minimum atomic E-state index is -1.19. The van der Waals surface area contributed by atoms with Gasteiger partial charge in [-0.25, -0.2) is 0 Å². The van der Waals surface area contributed by atoms with Gasteiger partial charge in [-0.3, -0.25) is 0 Å². The first-order valence-electron chi connectivity index (χ1n) is 4.55. The standard InChI is InChI=1S/C8H17NO4/c10-4-6(12)8(13)7-5(11)2-1-3-9-7/h5-13H,1-4H2/t5-,6-,7-,8+/m0/s1. The van der Waals surface area contributed by atoms with E-state index in [2.05, 4.69) is 5.32 Å². The SMILES string of the molecule is OC[C@H](O)[C@@H](O)[C@H]1NCCC[C@@H]1O. The third kappa shape index (κ3) is 2.62. The van der Waals surface area contributed by atoms with Gasteiger partial charge in [0.2, 0.25) is 0 Å². The van der Waals surface area contributed by atoms with Gasteiger partial charge in [0.25, 0.3) is 0 Å². The molecule has 1 rings (SSSR count). The van der Waals surface area contributed by atoms with Gasteiger partial charge in [0.1, 0.15) is 6.10 Å². The van der Waals surface area contributed by atoms with E-state index < -0.39 is 31.0 Å². The van der Waals surface area contributed by atoms with E-state index in [1.807, 2.05) is 0 Å². The van der Waals surface area contributed by atoms with Crippen molar-refractivity contribution >= 4 is 0 Å². The number of nitrogens with one attached hydrogen (secondary N) is 1. The number of aliphatic hydroxyl groups is 4. The Morgan fingerprint density at radius 2 is 2.08 bits per heavy atom. The fourth-order valence-corrected chi connectivity index (χ4v) is 1.59. The molecule has 1 aliphatic heterocycles. The quantitative estimate of drug-likeness (QED) is 0.349. The van der Waals surface area contributed by atoms with Crippen molar-refractivity contribution in [2.45, 2.75) is 37.2 Å². The van der Waals surface area contributed by atoms with Crippen molar-refractivity contribution in [2.75, 3.05) is 13.2 Å². The molecule has 0 saturated carbocycles. The summed E-state index contributed by atoms with van der Waals surface area (Å²) >= 11 is 0. The van der Waals surface area contributed by atoms with Crippen molar-refractivity contribution < 1.29 is 20.4 Å². The lowest BCUT2D eigenvalue weighted by atomic mass is 9.94. The highest BCUT2D eigenvalue weighted by Crippen LogP contribution is 2.13. The average Bonchev–Trinajstić information content (AvgIpc) is 2.16. The zero-order chi connectivity index (χ0) is 9.84. The molecule has 0 unspecified atom stereocenters. The second kappa shape index (κ2) is 4.88.